The van der Waals surface area contributed by atoms with Crippen LogP contribution in [0.15, 0.2) is 47.2 Å². The Labute approximate surface area is 200 Å². The van der Waals surface area contributed by atoms with Gasteiger partial charge in [-0.2, -0.15) is 0 Å². The molecule has 1 saturated heterocycles. The van der Waals surface area contributed by atoms with Gasteiger partial charge < -0.3 is 24.2 Å². The number of hydrogen-bond donors (Lipinski definition) is 2. The van der Waals surface area contributed by atoms with Gasteiger partial charge >= 0.3 is 0 Å². The molecule has 3 aromatic rings. The monoisotopic (exact) mass is 460 g/mol. The normalized spacial score (nSPS) is 18.9. The minimum absolute atomic E-state index is 0.258. The third kappa shape index (κ3) is 4.95. The fourth-order valence-electron chi connectivity index (χ4n) is 5.31. The van der Waals surface area contributed by atoms with Gasteiger partial charge in [-0.3, -0.25) is 0 Å². The van der Waals surface area contributed by atoms with E-state index in [0.29, 0.717) is 29.5 Å². The molecule has 1 spiro atoms. The summed E-state index contributed by atoms with van der Waals surface area (Å²) in [5, 5.41) is 23.1. The molecule has 5 rings (SSSR count). The molecule has 1 atom stereocenters. The van der Waals surface area contributed by atoms with Gasteiger partial charge in [-0.05, 0) is 75.4 Å². The summed E-state index contributed by atoms with van der Waals surface area (Å²) in [7, 11) is 0. The Morgan fingerprint density at radius 1 is 1.21 bits per heavy atom. The van der Waals surface area contributed by atoms with E-state index in [1.54, 1.807) is 13.1 Å². The summed E-state index contributed by atoms with van der Waals surface area (Å²) in [6.07, 6.45) is 7.76. The molecule has 178 valence electrons. The maximum absolute atomic E-state index is 9.82. The Balaban J connectivity index is 1.15. The van der Waals surface area contributed by atoms with Crippen LogP contribution < -0.4 is 0 Å². The first kappa shape index (κ1) is 22.9. The van der Waals surface area contributed by atoms with Gasteiger partial charge in [-0.1, -0.05) is 17.0 Å². The first-order chi connectivity index (χ1) is 16.5. The molecule has 2 aromatic heterocycles. The molecular formula is C27H32N4O3. The van der Waals surface area contributed by atoms with Crippen molar-refractivity contribution in [3.8, 4) is 23.2 Å². The molecular weight excluding hydrogens is 428 g/mol. The molecule has 1 aliphatic carbocycles. The summed E-state index contributed by atoms with van der Waals surface area (Å²) in [6.45, 7) is 5.47. The van der Waals surface area contributed by atoms with Crippen LogP contribution in [-0.2, 0) is 6.54 Å². The second kappa shape index (κ2) is 9.75. The number of aliphatic hydroxyl groups excluding tert-OH is 2. The summed E-state index contributed by atoms with van der Waals surface area (Å²) >= 11 is 0. The van der Waals surface area contributed by atoms with Crippen LogP contribution >= 0.6 is 0 Å². The average Bonchev–Trinajstić information content (AvgIpc) is 3.48. The molecule has 0 radical (unpaired) electrons. The maximum Gasteiger partial charge on any atom is 0.167 e. The molecule has 2 aliphatic rings. The number of piperidine rings is 1. The molecule has 2 N–H and O–H groups in total. The SMILES string of the molecule is C[C@H](O)c1nccn1Cc1cc(-c2ccc(C#CC3CC4(CCN(CCO)CC4)C3)cc2)on1. The lowest BCUT2D eigenvalue weighted by Crippen LogP contribution is -2.47. The number of likely N-dealkylation sites (tertiary alicyclic amines) is 1. The molecule has 1 aliphatic heterocycles. The summed E-state index contributed by atoms with van der Waals surface area (Å²) in [5.41, 5.74) is 3.25. The van der Waals surface area contributed by atoms with Crippen LogP contribution in [0.25, 0.3) is 11.3 Å². The first-order valence-corrected chi connectivity index (χ1v) is 12.1. The Morgan fingerprint density at radius 3 is 2.68 bits per heavy atom. The zero-order valence-corrected chi connectivity index (χ0v) is 19.7. The average molecular weight is 461 g/mol. The van der Waals surface area contributed by atoms with Crippen LogP contribution in [0.2, 0.25) is 0 Å². The predicted molar refractivity (Wildman–Crippen MR) is 129 cm³/mol. The lowest BCUT2D eigenvalue weighted by atomic mass is 9.58. The van der Waals surface area contributed by atoms with E-state index in [0.717, 1.165) is 36.5 Å². The number of nitrogens with zero attached hydrogens (tertiary/aromatic N) is 4. The van der Waals surface area contributed by atoms with Gasteiger partial charge in [-0.25, -0.2) is 4.98 Å². The Hall–Kier alpha value is -2.92. The number of rotatable bonds is 6. The highest BCUT2D eigenvalue weighted by Crippen LogP contribution is 2.52. The Bertz CT molecular complexity index is 1150. The van der Waals surface area contributed by atoms with Crippen LogP contribution in [0.1, 0.15) is 55.8 Å². The van der Waals surface area contributed by atoms with E-state index in [9.17, 15) is 5.11 Å². The molecule has 7 heteroatoms. The van der Waals surface area contributed by atoms with Crippen LogP contribution in [0, 0.1) is 23.2 Å². The van der Waals surface area contributed by atoms with E-state index in [4.69, 9.17) is 9.63 Å². The van der Waals surface area contributed by atoms with Crippen LogP contribution in [0.4, 0.5) is 0 Å². The molecule has 7 nitrogen and oxygen atoms in total. The van der Waals surface area contributed by atoms with Crippen molar-refractivity contribution < 1.29 is 14.7 Å². The number of aromatic nitrogens is 3. The molecule has 34 heavy (non-hydrogen) atoms. The smallest absolute Gasteiger partial charge is 0.167 e. The Kier molecular flexibility index (Phi) is 6.55. The van der Waals surface area contributed by atoms with Gasteiger partial charge in [-0.15, -0.1) is 0 Å². The zero-order valence-electron chi connectivity index (χ0n) is 19.7. The fourth-order valence-corrected chi connectivity index (χ4v) is 5.31. The second-order valence-electron chi connectivity index (χ2n) is 9.79. The van der Waals surface area contributed by atoms with E-state index in [2.05, 4.69) is 26.9 Å². The molecule has 0 unspecified atom stereocenters. The van der Waals surface area contributed by atoms with E-state index in [-0.39, 0.29) is 6.61 Å². The van der Waals surface area contributed by atoms with Crippen molar-refractivity contribution in [3.05, 3.63) is 59.8 Å². The van der Waals surface area contributed by atoms with Crippen molar-refractivity contribution in [3.63, 3.8) is 0 Å². The van der Waals surface area contributed by atoms with Gasteiger partial charge in [0, 0.05) is 42.0 Å². The van der Waals surface area contributed by atoms with Crippen LogP contribution in [-0.4, -0.2) is 56.1 Å². The summed E-state index contributed by atoms with van der Waals surface area (Å²) in [4.78, 5) is 6.56. The number of hydrogen-bond acceptors (Lipinski definition) is 6. The molecule has 1 aromatic carbocycles. The summed E-state index contributed by atoms with van der Waals surface area (Å²) in [5.74, 6) is 8.65. The molecule has 1 saturated carbocycles. The van der Waals surface area contributed by atoms with Crippen LogP contribution in [0.3, 0.4) is 0 Å². The van der Waals surface area contributed by atoms with Gasteiger partial charge in [0.05, 0.1) is 13.2 Å². The number of benzene rings is 1. The lowest BCUT2D eigenvalue weighted by Gasteiger charge is -2.50. The van der Waals surface area contributed by atoms with Gasteiger partial charge in [0.25, 0.3) is 0 Å². The lowest BCUT2D eigenvalue weighted by molar-refractivity contribution is 0.00377. The fraction of sp³-hybridized carbons (Fsp3) is 0.481. The molecule has 0 amide bonds. The first-order valence-electron chi connectivity index (χ1n) is 12.1. The van der Waals surface area contributed by atoms with Crippen molar-refractivity contribution in [1.82, 2.24) is 19.6 Å². The quantitative estimate of drug-likeness (QED) is 0.548. The standard InChI is InChI=1S/C27H32N4O3/c1-20(33)26-28-10-13-31(26)19-24-16-25(34-29-24)23-6-4-21(5-7-23)2-3-22-17-27(18-22)8-11-30(12-9-27)14-15-32/h4-7,10,13,16,20,22,32-33H,8-9,11-12,14-15,17-19H2,1H3/t20-/m0/s1. The number of β-amino-alcohol motifs (C(OH)–C–C–N with tert-alkyl or cyclic N) is 1. The minimum atomic E-state index is -0.634. The molecule has 3 heterocycles. The van der Waals surface area contributed by atoms with Crippen molar-refractivity contribution in [1.29, 1.82) is 0 Å². The number of imidazole rings is 1. The summed E-state index contributed by atoms with van der Waals surface area (Å²) < 4.78 is 7.42. The van der Waals surface area contributed by atoms with E-state index >= 15 is 0 Å². The predicted octanol–water partition coefficient (Wildman–Crippen LogP) is 3.48. The minimum Gasteiger partial charge on any atom is -0.395 e. The van der Waals surface area contributed by atoms with Gasteiger partial charge in [0.15, 0.2) is 5.76 Å². The molecule has 2 fully saturated rings. The third-order valence-corrected chi connectivity index (χ3v) is 7.29. The molecule has 0 bridgehead atoms. The highest BCUT2D eigenvalue weighted by atomic mass is 16.5. The van der Waals surface area contributed by atoms with Crippen molar-refractivity contribution >= 4 is 0 Å². The largest absolute Gasteiger partial charge is 0.395 e. The van der Waals surface area contributed by atoms with Gasteiger partial charge in [0.2, 0.25) is 0 Å². The van der Waals surface area contributed by atoms with E-state index < -0.39 is 6.10 Å². The van der Waals surface area contributed by atoms with Crippen LogP contribution in [0.5, 0.6) is 0 Å². The zero-order chi connectivity index (χ0) is 23.5. The van der Waals surface area contributed by atoms with Crippen molar-refractivity contribution in [2.24, 2.45) is 11.3 Å². The summed E-state index contributed by atoms with van der Waals surface area (Å²) in [6, 6.07) is 10.0. The number of aliphatic hydroxyl groups is 2. The van der Waals surface area contributed by atoms with E-state index in [1.165, 1.54) is 25.7 Å². The van der Waals surface area contributed by atoms with Crippen molar-refractivity contribution in [2.75, 3.05) is 26.2 Å². The Morgan fingerprint density at radius 2 is 1.97 bits per heavy atom. The maximum atomic E-state index is 9.82. The van der Waals surface area contributed by atoms with Crippen molar-refractivity contribution in [2.45, 2.75) is 45.3 Å². The topological polar surface area (TPSA) is 87.6 Å². The van der Waals surface area contributed by atoms with Gasteiger partial charge in [0.1, 0.15) is 17.6 Å². The highest BCUT2D eigenvalue weighted by Gasteiger charge is 2.44. The third-order valence-electron chi connectivity index (χ3n) is 7.29. The highest BCUT2D eigenvalue weighted by molar-refractivity contribution is 5.59. The van der Waals surface area contributed by atoms with E-state index in [1.807, 2.05) is 41.1 Å². The second-order valence-corrected chi connectivity index (χ2v) is 9.79.